The van der Waals surface area contributed by atoms with Crippen molar-refractivity contribution >= 4 is 55.6 Å². The SMILES string of the molecule is CCN1CCN(C2CCN(c3cc(F)c(Nc4nc(Nc5cccc6c5N(S(C)(=O)=O)CC6)c5cc[nH]c5n4)cc3F)CC2)CC1. The number of halogens is 2. The van der Waals surface area contributed by atoms with Gasteiger partial charge in [0.1, 0.15) is 23.1 Å². The van der Waals surface area contributed by atoms with Crippen LogP contribution < -0.4 is 19.8 Å². The van der Waals surface area contributed by atoms with Crippen molar-refractivity contribution in [1.29, 1.82) is 0 Å². The zero-order valence-electron chi connectivity index (χ0n) is 26.1. The summed E-state index contributed by atoms with van der Waals surface area (Å²) in [6.07, 6.45) is 5.32. The second-order valence-corrected chi connectivity index (χ2v) is 14.2. The molecule has 3 aliphatic heterocycles. The Morgan fingerprint density at radius 2 is 1.72 bits per heavy atom. The lowest BCUT2D eigenvalue weighted by Crippen LogP contribution is -2.53. The van der Waals surface area contributed by atoms with Crippen LogP contribution in [-0.2, 0) is 16.4 Å². The molecule has 0 radical (unpaired) electrons. The van der Waals surface area contributed by atoms with Crippen molar-refractivity contribution in [2.45, 2.75) is 32.2 Å². The van der Waals surface area contributed by atoms with Crippen LogP contribution in [0.1, 0.15) is 25.3 Å². The van der Waals surface area contributed by atoms with E-state index in [9.17, 15) is 8.42 Å². The molecule has 2 saturated heterocycles. The molecule has 0 atom stereocenters. The number of benzene rings is 2. The molecular formula is C32H39F2N9O2S. The molecule has 0 aliphatic carbocycles. The average Bonchev–Trinajstić information content (AvgIpc) is 3.71. The number of piperazine rings is 1. The average molecular weight is 652 g/mol. The van der Waals surface area contributed by atoms with Gasteiger partial charge < -0.3 is 25.4 Å². The fraction of sp³-hybridized carbons (Fsp3) is 0.438. The van der Waals surface area contributed by atoms with Crippen molar-refractivity contribution in [2.24, 2.45) is 0 Å². The van der Waals surface area contributed by atoms with Crippen LogP contribution in [0.3, 0.4) is 0 Å². The molecule has 7 rings (SSSR count). The number of H-pyrrole nitrogens is 1. The molecule has 14 heteroatoms. The minimum atomic E-state index is -3.49. The molecule has 5 heterocycles. The molecule has 4 aromatic rings. The number of aromatic nitrogens is 3. The van der Waals surface area contributed by atoms with E-state index in [0.717, 1.165) is 57.2 Å². The number of hydrogen-bond donors (Lipinski definition) is 3. The Bertz CT molecular complexity index is 1850. The fourth-order valence-corrected chi connectivity index (χ4v) is 7.96. The monoisotopic (exact) mass is 651 g/mol. The van der Waals surface area contributed by atoms with Crippen molar-refractivity contribution in [3.8, 4) is 0 Å². The molecule has 0 spiro atoms. The third-order valence-corrected chi connectivity index (χ3v) is 10.6. The van der Waals surface area contributed by atoms with Gasteiger partial charge in [-0.2, -0.15) is 9.97 Å². The van der Waals surface area contributed by atoms with Crippen molar-refractivity contribution in [2.75, 3.05) is 78.5 Å². The number of anilines is 6. The van der Waals surface area contributed by atoms with Gasteiger partial charge in [-0.05, 0) is 43.5 Å². The first-order valence-electron chi connectivity index (χ1n) is 15.9. The number of nitrogens with one attached hydrogen (secondary N) is 3. The third-order valence-electron chi connectivity index (χ3n) is 9.48. The van der Waals surface area contributed by atoms with Crippen LogP contribution in [-0.4, -0.2) is 97.8 Å². The molecular weight excluding hydrogens is 612 g/mol. The fourth-order valence-electron chi connectivity index (χ4n) is 6.99. The molecule has 2 aromatic carbocycles. The summed E-state index contributed by atoms with van der Waals surface area (Å²) in [5, 5.41) is 6.79. The number of nitrogens with zero attached hydrogens (tertiary/aromatic N) is 6. The standard InChI is InChI=1S/C32H39F2N9O2S/c1-3-40-15-17-41(18-16-40)22-9-12-42(13-10-22)28-20-24(33)27(19-25(28)34)37-32-38-30-23(7-11-35-30)31(39-32)36-26-6-4-5-21-8-14-43(29(21)26)46(2,44)45/h4-7,11,19-20,22H,3,8-10,12-18H2,1-2H3,(H3,35,36,37,38,39). The van der Waals surface area contributed by atoms with E-state index >= 15 is 8.78 Å². The molecule has 2 aromatic heterocycles. The zero-order valence-corrected chi connectivity index (χ0v) is 26.9. The van der Waals surface area contributed by atoms with Gasteiger partial charge in [-0.15, -0.1) is 0 Å². The number of fused-ring (bicyclic) bond motifs is 2. The van der Waals surface area contributed by atoms with Crippen LogP contribution in [0.2, 0.25) is 0 Å². The van der Waals surface area contributed by atoms with Gasteiger partial charge in [0.05, 0.1) is 34.4 Å². The zero-order chi connectivity index (χ0) is 32.0. The first kappa shape index (κ1) is 30.6. The third kappa shape index (κ3) is 5.96. The topological polar surface area (TPSA) is 113 Å². The van der Waals surface area contributed by atoms with Crippen molar-refractivity contribution in [3.05, 3.63) is 59.8 Å². The molecule has 0 saturated carbocycles. The van der Waals surface area contributed by atoms with E-state index in [2.05, 4.69) is 42.3 Å². The number of hydrogen-bond acceptors (Lipinski definition) is 9. The predicted molar refractivity (Wildman–Crippen MR) is 178 cm³/mol. The van der Waals surface area contributed by atoms with Crippen molar-refractivity contribution < 1.29 is 17.2 Å². The smallest absolute Gasteiger partial charge is 0.232 e. The van der Waals surface area contributed by atoms with Crippen molar-refractivity contribution in [3.63, 3.8) is 0 Å². The van der Waals surface area contributed by atoms with Gasteiger partial charge >= 0.3 is 0 Å². The number of aromatic amines is 1. The highest BCUT2D eigenvalue weighted by Gasteiger charge is 2.30. The molecule has 46 heavy (non-hydrogen) atoms. The molecule has 3 aliphatic rings. The predicted octanol–water partition coefficient (Wildman–Crippen LogP) is 4.65. The summed E-state index contributed by atoms with van der Waals surface area (Å²) in [5.74, 6) is -0.679. The quantitative estimate of drug-likeness (QED) is 0.251. The van der Waals surface area contributed by atoms with Crippen LogP contribution in [0, 0.1) is 11.6 Å². The number of sulfonamides is 1. The second kappa shape index (κ2) is 12.3. The maximum absolute atomic E-state index is 15.5. The van der Waals surface area contributed by atoms with E-state index in [-0.39, 0.29) is 17.3 Å². The lowest BCUT2D eigenvalue weighted by atomic mass is 10.0. The molecule has 0 amide bonds. The largest absolute Gasteiger partial charge is 0.369 e. The highest BCUT2D eigenvalue weighted by atomic mass is 32.2. The number of para-hydroxylation sites is 1. The van der Waals surface area contributed by atoms with Crippen LogP contribution in [0.25, 0.3) is 11.0 Å². The summed E-state index contributed by atoms with van der Waals surface area (Å²) < 4.78 is 57.4. The maximum Gasteiger partial charge on any atom is 0.232 e. The van der Waals surface area contributed by atoms with E-state index < -0.39 is 21.7 Å². The first-order valence-corrected chi connectivity index (χ1v) is 17.7. The first-order chi connectivity index (χ1) is 22.2. The Labute approximate surface area is 267 Å². The number of rotatable bonds is 8. The van der Waals surface area contributed by atoms with Crippen LogP contribution in [0.4, 0.5) is 43.3 Å². The maximum atomic E-state index is 15.5. The minimum absolute atomic E-state index is 0.0556. The van der Waals surface area contributed by atoms with Gasteiger partial charge in [-0.25, -0.2) is 17.2 Å². The van der Waals surface area contributed by atoms with E-state index in [1.807, 2.05) is 17.0 Å². The number of piperidine rings is 1. The van der Waals surface area contributed by atoms with Gasteiger partial charge in [0.2, 0.25) is 16.0 Å². The van der Waals surface area contributed by atoms with Gasteiger partial charge in [0.15, 0.2) is 0 Å². The Morgan fingerprint density at radius 1 is 0.935 bits per heavy atom. The Morgan fingerprint density at radius 3 is 2.46 bits per heavy atom. The van der Waals surface area contributed by atoms with Gasteiger partial charge in [-0.3, -0.25) is 9.21 Å². The van der Waals surface area contributed by atoms with Gasteiger partial charge in [-0.1, -0.05) is 19.1 Å². The molecule has 3 N–H and O–H groups in total. The molecule has 11 nitrogen and oxygen atoms in total. The Kier molecular flexibility index (Phi) is 8.19. The lowest BCUT2D eigenvalue weighted by molar-refractivity contribution is 0.0878. The highest BCUT2D eigenvalue weighted by Crippen LogP contribution is 2.39. The summed E-state index contributed by atoms with van der Waals surface area (Å²) in [5.41, 5.74) is 2.71. The van der Waals surface area contributed by atoms with Crippen LogP contribution in [0.15, 0.2) is 42.6 Å². The summed E-state index contributed by atoms with van der Waals surface area (Å²) in [6.45, 7) is 9.25. The Balaban J connectivity index is 1.09. The van der Waals surface area contributed by atoms with Gasteiger partial charge in [0.25, 0.3) is 0 Å². The lowest BCUT2D eigenvalue weighted by Gasteiger charge is -2.43. The van der Waals surface area contributed by atoms with E-state index in [4.69, 9.17) is 0 Å². The highest BCUT2D eigenvalue weighted by molar-refractivity contribution is 7.92. The van der Waals surface area contributed by atoms with Crippen LogP contribution in [0.5, 0.6) is 0 Å². The van der Waals surface area contributed by atoms with E-state index in [1.54, 1.807) is 18.3 Å². The molecule has 244 valence electrons. The van der Waals surface area contributed by atoms with Gasteiger partial charge in [0, 0.05) is 70.2 Å². The Hall–Kier alpha value is -4.01. The number of likely N-dealkylation sites (N-methyl/N-ethyl adjacent to an activating group) is 1. The molecule has 2 fully saturated rings. The summed E-state index contributed by atoms with van der Waals surface area (Å²) in [6, 6.07) is 10.2. The van der Waals surface area contributed by atoms with Crippen LogP contribution >= 0.6 is 0 Å². The summed E-state index contributed by atoms with van der Waals surface area (Å²) in [7, 11) is -3.49. The minimum Gasteiger partial charge on any atom is -0.369 e. The van der Waals surface area contributed by atoms with E-state index in [0.29, 0.717) is 60.3 Å². The van der Waals surface area contributed by atoms with Crippen molar-refractivity contribution in [1.82, 2.24) is 24.8 Å². The summed E-state index contributed by atoms with van der Waals surface area (Å²) >= 11 is 0. The normalized spacial score (nSPS) is 18.3. The molecule has 0 bridgehead atoms. The molecule has 0 unspecified atom stereocenters. The summed E-state index contributed by atoms with van der Waals surface area (Å²) in [4.78, 5) is 19.1. The second-order valence-electron chi connectivity index (χ2n) is 12.3. The van der Waals surface area contributed by atoms with E-state index in [1.165, 1.54) is 16.6 Å².